The minimum Gasteiger partial charge on any atom is -0.384 e. The van der Waals surface area contributed by atoms with E-state index in [1.807, 2.05) is 12.1 Å². The lowest BCUT2D eigenvalue weighted by atomic mass is 10.2. The number of nitrogens with one attached hydrogen (secondary N) is 1. The molecule has 0 saturated carbocycles. The van der Waals surface area contributed by atoms with Gasteiger partial charge in [0, 0.05) is 44.1 Å². The molecule has 1 aromatic carbocycles. The summed E-state index contributed by atoms with van der Waals surface area (Å²) in [6, 6.07) is 12.3. The SMILES string of the molecule is Nc1cc(N2CCN(c3ccccc3)CC2)nc(-c2c[nH]c3ncc(Cl)nc23)n1. The number of hydrogen-bond donors (Lipinski definition) is 2. The minimum atomic E-state index is 0.319. The van der Waals surface area contributed by atoms with Crippen molar-refractivity contribution in [2.45, 2.75) is 0 Å². The van der Waals surface area contributed by atoms with E-state index in [1.165, 1.54) is 11.9 Å². The maximum absolute atomic E-state index is 6.10. The van der Waals surface area contributed by atoms with Crippen molar-refractivity contribution in [3.8, 4) is 11.4 Å². The molecule has 4 aromatic rings. The van der Waals surface area contributed by atoms with E-state index in [2.05, 4.69) is 54.0 Å². The fraction of sp³-hybridized carbons (Fsp3) is 0.200. The Morgan fingerprint density at radius 2 is 1.72 bits per heavy atom. The molecule has 5 rings (SSSR count). The van der Waals surface area contributed by atoms with Gasteiger partial charge in [-0.1, -0.05) is 29.8 Å². The summed E-state index contributed by atoms with van der Waals surface area (Å²) in [6.07, 6.45) is 3.29. The third-order valence-corrected chi connectivity index (χ3v) is 5.23. The Morgan fingerprint density at radius 1 is 0.966 bits per heavy atom. The highest BCUT2D eigenvalue weighted by atomic mass is 35.5. The molecule has 8 nitrogen and oxygen atoms in total. The first-order chi connectivity index (χ1) is 14.2. The van der Waals surface area contributed by atoms with Crippen molar-refractivity contribution in [1.29, 1.82) is 0 Å². The molecule has 9 heteroatoms. The molecule has 3 N–H and O–H groups in total. The fourth-order valence-corrected chi connectivity index (χ4v) is 3.74. The Bertz CT molecular complexity index is 1150. The Kier molecular flexibility index (Phi) is 4.40. The number of halogens is 1. The van der Waals surface area contributed by atoms with E-state index in [-0.39, 0.29) is 0 Å². The van der Waals surface area contributed by atoms with E-state index >= 15 is 0 Å². The molecule has 3 aromatic heterocycles. The van der Waals surface area contributed by atoms with Crippen LogP contribution in [0.15, 0.2) is 48.8 Å². The van der Waals surface area contributed by atoms with Crippen LogP contribution >= 0.6 is 11.6 Å². The van der Waals surface area contributed by atoms with E-state index in [0.29, 0.717) is 28.0 Å². The summed E-state index contributed by atoms with van der Waals surface area (Å²) in [5, 5.41) is 0.319. The molecule has 0 radical (unpaired) electrons. The molecule has 0 unspecified atom stereocenters. The highest BCUT2D eigenvalue weighted by molar-refractivity contribution is 6.29. The van der Waals surface area contributed by atoms with Gasteiger partial charge in [0.2, 0.25) is 0 Å². The number of nitrogens with two attached hydrogens (primary N) is 1. The van der Waals surface area contributed by atoms with Gasteiger partial charge in [-0.3, -0.25) is 0 Å². The van der Waals surface area contributed by atoms with Gasteiger partial charge in [-0.25, -0.2) is 19.9 Å². The first-order valence-electron chi connectivity index (χ1n) is 9.37. The third-order valence-electron chi connectivity index (χ3n) is 5.05. The summed E-state index contributed by atoms with van der Waals surface area (Å²) >= 11 is 6.02. The van der Waals surface area contributed by atoms with E-state index in [1.54, 1.807) is 6.20 Å². The van der Waals surface area contributed by atoms with E-state index < -0.39 is 0 Å². The number of piperazine rings is 1. The van der Waals surface area contributed by atoms with Gasteiger partial charge in [-0.05, 0) is 12.1 Å². The van der Waals surface area contributed by atoms with Gasteiger partial charge in [-0.15, -0.1) is 0 Å². The predicted octanol–water partition coefficient (Wildman–Crippen LogP) is 2.98. The summed E-state index contributed by atoms with van der Waals surface area (Å²) in [6.45, 7) is 3.53. The largest absolute Gasteiger partial charge is 0.384 e. The second-order valence-electron chi connectivity index (χ2n) is 6.88. The summed E-state index contributed by atoms with van der Waals surface area (Å²) in [4.78, 5) is 25.5. The van der Waals surface area contributed by atoms with Crippen LogP contribution in [0.4, 0.5) is 17.3 Å². The Morgan fingerprint density at radius 3 is 2.52 bits per heavy atom. The topological polar surface area (TPSA) is 99.8 Å². The number of anilines is 3. The van der Waals surface area contributed by atoms with Crippen LogP contribution in [0.5, 0.6) is 0 Å². The number of aromatic nitrogens is 5. The van der Waals surface area contributed by atoms with Crippen LogP contribution < -0.4 is 15.5 Å². The number of aromatic amines is 1. The maximum Gasteiger partial charge on any atom is 0.167 e. The number of nitrogen functional groups attached to an aromatic ring is 1. The molecule has 29 heavy (non-hydrogen) atoms. The van der Waals surface area contributed by atoms with Gasteiger partial charge in [0.15, 0.2) is 11.5 Å². The quantitative estimate of drug-likeness (QED) is 0.539. The lowest BCUT2D eigenvalue weighted by molar-refractivity contribution is 0.647. The van der Waals surface area contributed by atoms with E-state index in [9.17, 15) is 0 Å². The average Bonchev–Trinajstić information content (AvgIpc) is 3.17. The molecule has 0 spiro atoms. The van der Waals surface area contributed by atoms with Crippen molar-refractivity contribution in [3.63, 3.8) is 0 Å². The zero-order valence-corrected chi connectivity index (χ0v) is 16.3. The molecule has 1 saturated heterocycles. The van der Waals surface area contributed by atoms with Crippen LogP contribution in [0, 0.1) is 0 Å². The molecule has 0 bridgehead atoms. The molecule has 4 heterocycles. The number of hydrogen-bond acceptors (Lipinski definition) is 7. The standard InChI is InChI=1S/C20H19ClN8/c21-15-12-24-20-18(25-15)14(11-23-20)19-26-16(22)10-17(27-19)29-8-6-28(7-9-29)13-4-2-1-3-5-13/h1-5,10-12H,6-9H2,(H,23,24)(H2,22,26,27). The van der Waals surface area contributed by atoms with Crippen molar-refractivity contribution >= 4 is 40.1 Å². The molecule has 146 valence electrons. The van der Waals surface area contributed by atoms with Crippen molar-refractivity contribution in [3.05, 3.63) is 53.9 Å². The molecule has 1 aliphatic rings. The van der Waals surface area contributed by atoms with Crippen molar-refractivity contribution in [1.82, 2.24) is 24.9 Å². The van der Waals surface area contributed by atoms with Gasteiger partial charge in [0.1, 0.15) is 22.3 Å². The van der Waals surface area contributed by atoms with Crippen LogP contribution in [0.3, 0.4) is 0 Å². The molecule has 0 amide bonds. The van der Waals surface area contributed by atoms with E-state index in [0.717, 1.165) is 37.6 Å². The number of para-hydroxylation sites is 1. The van der Waals surface area contributed by atoms with Gasteiger partial charge < -0.3 is 20.5 Å². The highest BCUT2D eigenvalue weighted by Crippen LogP contribution is 2.28. The second-order valence-corrected chi connectivity index (χ2v) is 7.26. The smallest absolute Gasteiger partial charge is 0.167 e. The van der Waals surface area contributed by atoms with Crippen LogP contribution in [0.2, 0.25) is 5.15 Å². The Labute approximate surface area is 172 Å². The summed E-state index contributed by atoms with van der Waals surface area (Å²) < 4.78 is 0. The first-order valence-corrected chi connectivity index (χ1v) is 9.75. The first kappa shape index (κ1) is 17.7. The van der Waals surface area contributed by atoms with Gasteiger partial charge >= 0.3 is 0 Å². The number of fused-ring (bicyclic) bond motifs is 1. The van der Waals surface area contributed by atoms with Crippen LogP contribution in [0.25, 0.3) is 22.6 Å². The molecule has 0 aliphatic carbocycles. The summed E-state index contributed by atoms with van der Waals surface area (Å²) in [5.41, 5.74) is 9.33. The molecular weight excluding hydrogens is 388 g/mol. The third kappa shape index (κ3) is 3.42. The van der Waals surface area contributed by atoms with E-state index in [4.69, 9.17) is 22.3 Å². The Balaban J connectivity index is 1.42. The predicted molar refractivity (Wildman–Crippen MR) is 115 cm³/mol. The number of benzene rings is 1. The zero-order valence-electron chi connectivity index (χ0n) is 15.6. The van der Waals surface area contributed by atoms with Gasteiger partial charge in [0.25, 0.3) is 0 Å². The normalized spacial score (nSPS) is 14.5. The Hall–Kier alpha value is -3.39. The van der Waals surface area contributed by atoms with Gasteiger partial charge in [-0.2, -0.15) is 0 Å². The number of nitrogens with zero attached hydrogens (tertiary/aromatic N) is 6. The molecule has 0 atom stereocenters. The highest BCUT2D eigenvalue weighted by Gasteiger charge is 2.20. The zero-order chi connectivity index (χ0) is 19.8. The average molecular weight is 407 g/mol. The van der Waals surface area contributed by atoms with Crippen molar-refractivity contribution < 1.29 is 0 Å². The maximum atomic E-state index is 6.10. The number of rotatable bonds is 3. The molecule has 1 fully saturated rings. The minimum absolute atomic E-state index is 0.319. The monoisotopic (exact) mass is 406 g/mol. The molecular formula is C20H19ClN8. The van der Waals surface area contributed by atoms with Crippen molar-refractivity contribution in [2.24, 2.45) is 0 Å². The van der Waals surface area contributed by atoms with Crippen LogP contribution in [0.1, 0.15) is 0 Å². The van der Waals surface area contributed by atoms with Crippen LogP contribution in [-0.2, 0) is 0 Å². The van der Waals surface area contributed by atoms with Crippen LogP contribution in [-0.4, -0.2) is 51.1 Å². The fourth-order valence-electron chi connectivity index (χ4n) is 3.61. The lowest BCUT2D eigenvalue weighted by Crippen LogP contribution is -2.46. The number of H-pyrrole nitrogens is 1. The lowest BCUT2D eigenvalue weighted by Gasteiger charge is -2.36. The second kappa shape index (κ2) is 7.21. The van der Waals surface area contributed by atoms with Crippen molar-refractivity contribution in [2.75, 3.05) is 41.7 Å². The summed E-state index contributed by atoms with van der Waals surface area (Å²) in [7, 11) is 0. The summed E-state index contributed by atoms with van der Waals surface area (Å²) in [5.74, 6) is 1.73. The van der Waals surface area contributed by atoms with Gasteiger partial charge in [0.05, 0.1) is 11.8 Å². The molecule has 1 aliphatic heterocycles.